The molecule has 150 valence electrons. The first-order valence-electron chi connectivity index (χ1n) is 10.4. The summed E-state index contributed by atoms with van der Waals surface area (Å²) in [6, 6.07) is 16.5. The Morgan fingerprint density at radius 1 is 1.04 bits per heavy atom. The van der Waals surface area contributed by atoms with E-state index in [-0.39, 0.29) is 11.9 Å². The largest absolute Gasteiger partial charge is 0.372 e. The molecule has 0 aromatic heterocycles. The Morgan fingerprint density at radius 2 is 1.68 bits per heavy atom. The lowest BCUT2D eigenvalue weighted by Crippen LogP contribution is -2.32. The number of benzene rings is 2. The molecule has 1 saturated heterocycles. The van der Waals surface area contributed by atoms with Gasteiger partial charge in [-0.2, -0.15) is 0 Å². The minimum atomic E-state index is -0.0277. The molecular weight excluding hydrogens is 364 g/mol. The van der Waals surface area contributed by atoms with Crippen LogP contribution in [-0.4, -0.2) is 24.2 Å². The number of amides is 1. The average Bonchev–Trinajstić information content (AvgIpc) is 2.68. The number of hydrogen-bond donors (Lipinski definition) is 1. The standard InChI is InChI=1S/C24H32N2OS/c1-17(2)28-23-8-6-5-7-22(23)24(27)25-19(4)20-9-11-21(12-10-20)26-15-13-18(3)14-16-26/h5-12,17-19H,13-16H2,1-4H3,(H,25,27)/t19-/m1/s1. The molecule has 1 amide bonds. The van der Waals surface area contributed by atoms with Gasteiger partial charge >= 0.3 is 0 Å². The van der Waals surface area contributed by atoms with Crippen LogP contribution < -0.4 is 10.2 Å². The molecule has 1 aliphatic rings. The Labute approximate surface area is 173 Å². The third-order valence-electron chi connectivity index (χ3n) is 5.38. The Bertz CT molecular complexity index is 779. The van der Waals surface area contributed by atoms with Crippen molar-refractivity contribution in [3.8, 4) is 0 Å². The summed E-state index contributed by atoms with van der Waals surface area (Å²) in [5.74, 6) is 0.827. The molecule has 1 fully saturated rings. The molecule has 2 aromatic carbocycles. The quantitative estimate of drug-likeness (QED) is 0.616. The predicted molar refractivity (Wildman–Crippen MR) is 120 cm³/mol. The van der Waals surface area contributed by atoms with Crippen molar-refractivity contribution in [3.05, 3.63) is 59.7 Å². The molecule has 0 bridgehead atoms. The van der Waals surface area contributed by atoms with Crippen molar-refractivity contribution >= 4 is 23.4 Å². The molecule has 0 saturated carbocycles. The number of thioether (sulfide) groups is 1. The van der Waals surface area contributed by atoms with Gasteiger partial charge in [0.1, 0.15) is 0 Å². The fraction of sp³-hybridized carbons (Fsp3) is 0.458. The number of carbonyl (C=O) groups excluding carboxylic acids is 1. The van der Waals surface area contributed by atoms with Gasteiger partial charge in [0.15, 0.2) is 0 Å². The second kappa shape index (κ2) is 9.51. The highest BCUT2D eigenvalue weighted by Crippen LogP contribution is 2.28. The Kier molecular flexibility index (Phi) is 7.06. The first kappa shape index (κ1) is 20.8. The zero-order chi connectivity index (χ0) is 20.1. The fourth-order valence-electron chi connectivity index (χ4n) is 3.61. The number of nitrogens with one attached hydrogen (secondary N) is 1. The molecule has 0 unspecified atom stereocenters. The fourth-order valence-corrected chi connectivity index (χ4v) is 4.56. The zero-order valence-corrected chi connectivity index (χ0v) is 18.3. The smallest absolute Gasteiger partial charge is 0.252 e. The van der Waals surface area contributed by atoms with Crippen LogP contribution in [0.1, 0.15) is 62.5 Å². The van der Waals surface area contributed by atoms with Crippen LogP contribution in [0.4, 0.5) is 5.69 Å². The van der Waals surface area contributed by atoms with Gasteiger partial charge in [-0.25, -0.2) is 0 Å². The minimum Gasteiger partial charge on any atom is -0.372 e. The number of rotatable bonds is 6. The summed E-state index contributed by atoms with van der Waals surface area (Å²) in [4.78, 5) is 16.3. The van der Waals surface area contributed by atoms with Gasteiger partial charge in [-0.1, -0.05) is 45.0 Å². The molecule has 1 heterocycles. The monoisotopic (exact) mass is 396 g/mol. The number of anilines is 1. The van der Waals surface area contributed by atoms with Gasteiger partial charge < -0.3 is 10.2 Å². The van der Waals surface area contributed by atoms with Gasteiger partial charge in [-0.15, -0.1) is 11.8 Å². The van der Waals surface area contributed by atoms with E-state index in [0.717, 1.165) is 35.0 Å². The van der Waals surface area contributed by atoms with E-state index >= 15 is 0 Å². The summed E-state index contributed by atoms with van der Waals surface area (Å²) in [6.07, 6.45) is 2.53. The van der Waals surface area contributed by atoms with Gasteiger partial charge in [-0.3, -0.25) is 4.79 Å². The normalized spacial score (nSPS) is 16.2. The van der Waals surface area contributed by atoms with E-state index in [0.29, 0.717) is 5.25 Å². The molecule has 3 nitrogen and oxygen atoms in total. The van der Waals surface area contributed by atoms with Crippen molar-refractivity contribution in [2.24, 2.45) is 5.92 Å². The SMILES string of the molecule is CC1CCN(c2ccc([C@@H](C)NC(=O)c3ccccc3SC(C)C)cc2)CC1. The Hall–Kier alpha value is -1.94. The van der Waals surface area contributed by atoms with Crippen molar-refractivity contribution in [2.75, 3.05) is 18.0 Å². The molecule has 4 heteroatoms. The summed E-state index contributed by atoms with van der Waals surface area (Å²) in [5.41, 5.74) is 3.18. The summed E-state index contributed by atoms with van der Waals surface area (Å²) in [6.45, 7) is 10.9. The number of hydrogen-bond acceptors (Lipinski definition) is 3. The molecule has 0 aliphatic carbocycles. The zero-order valence-electron chi connectivity index (χ0n) is 17.4. The van der Waals surface area contributed by atoms with Crippen LogP contribution in [-0.2, 0) is 0 Å². The minimum absolute atomic E-state index is 0.00894. The predicted octanol–water partition coefficient (Wildman–Crippen LogP) is 5.91. The molecule has 1 N–H and O–H groups in total. The van der Waals surface area contributed by atoms with Crippen molar-refractivity contribution in [1.29, 1.82) is 0 Å². The van der Waals surface area contributed by atoms with Gasteiger partial charge in [0.25, 0.3) is 5.91 Å². The Balaban J connectivity index is 1.65. The third-order valence-corrected chi connectivity index (χ3v) is 6.47. The first-order valence-corrected chi connectivity index (χ1v) is 11.2. The van der Waals surface area contributed by atoms with E-state index in [1.54, 1.807) is 11.8 Å². The van der Waals surface area contributed by atoms with Crippen LogP contribution in [0.3, 0.4) is 0 Å². The molecule has 0 spiro atoms. The van der Waals surface area contributed by atoms with E-state index in [1.807, 2.05) is 31.2 Å². The van der Waals surface area contributed by atoms with Crippen molar-refractivity contribution in [3.63, 3.8) is 0 Å². The highest BCUT2D eigenvalue weighted by Gasteiger charge is 2.18. The lowest BCUT2D eigenvalue weighted by atomic mass is 9.98. The van der Waals surface area contributed by atoms with Crippen LogP contribution in [0.15, 0.2) is 53.4 Å². The second-order valence-electron chi connectivity index (χ2n) is 8.12. The topological polar surface area (TPSA) is 32.3 Å². The molecule has 1 atom stereocenters. The van der Waals surface area contributed by atoms with Crippen molar-refractivity contribution in [2.45, 2.75) is 56.7 Å². The van der Waals surface area contributed by atoms with Crippen LogP contribution in [0, 0.1) is 5.92 Å². The van der Waals surface area contributed by atoms with Gasteiger partial charge in [0.2, 0.25) is 0 Å². The van der Waals surface area contributed by atoms with Crippen LogP contribution in [0.2, 0.25) is 0 Å². The van der Waals surface area contributed by atoms with Crippen molar-refractivity contribution in [1.82, 2.24) is 5.32 Å². The highest BCUT2D eigenvalue weighted by atomic mass is 32.2. The van der Waals surface area contributed by atoms with E-state index < -0.39 is 0 Å². The molecule has 28 heavy (non-hydrogen) atoms. The maximum Gasteiger partial charge on any atom is 0.252 e. The van der Waals surface area contributed by atoms with E-state index in [4.69, 9.17) is 0 Å². The molecule has 2 aromatic rings. The lowest BCUT2D eigenvalue weighted by molar-refractivity contribution is 0.0937. The number of carbonyl (C=O) groups is 1. The van der Waals surface area contributed by atoms with Crippen LogP contribution >= 0.6 is 11.8 Å². The summed E-state index contributed by atoms with van der Waals surface area (Å²) in [7, 11) is 0. The van der Waals surface area contributed by atoms with Gasteiger partial charge in [0, 0.05) is 28.9 Å². The number of piperidine rings is 1. The maximum atomic E-state index is 12.8. The first-order chi connectivity index (χ1) is 13.4. The summed E-state index contributed by atoms with van der Waals surface area (Å²) < 4.78 is 0. The molecular formula is C24H32N2OS. The average molecular weight is 397 g/mol. The maximum absolute atomic E-state index is 12.8. The molecule has 3 rings (SSSR count). The van der Waals surface area contributed by atoms with E-state index in [2.05, 4.69) is 55.3 Å². The van der Waals surface area contributed by atoms with Gasteiger partial charge in [-0.05, 0) is 55.5 Å². The van der Waals surface area contributed by atoms with Crippen molar-refractivity contribution < 1.29 is 4.79 Å². The van der Waals surface area contributed by atoms with E-state index in [9.17, 15) is 4.79 Å². The van der Waals surface area contributed by atoms with E-state index in [1.165, 1.54) is 18.5 Å². The van der Waals surface area contributed by atoms with Crippen LogP contribution in [0.25, 0.3) is 0 Å². The highest BCUT2D eigenvalue weighted by molar-refractivity contribution is 8.00. The van der Waals surface area contributed by atoms with Gasteiger partial charge in [0.05, 0.1) is 11.6 Å². The summed E-state index contributed by atoms with van der Waals surface area (Å²) >= 11 is 1.73. The third kappa shape index (κ3) is 5.32. The lowest BCUT2D eigenvalue weighted by Gasteiger charge is -2.32. The number of nitrogens with zero attached hydrogens (tertiary/aromatic N) is 1. The summed E-state index contributed by atoms with van der Waals surface area (Å²) in [5, 5.41) is 3.61. The molecule has 0 radical (unpaired) electrons. The van der Waals surface area contributed by atoms with Crippen LogP contribution in [0.5, 0.6) is 0 Å². The second-order valence-corrected chi connectivity index (χ2v) is 9.74. The molecule has 1 aliphatic heterocycles. The Morgan fingerprint density at radius 3 is 2.32 bits per heavy atom.